The van der Waals surface area contributed by atoms with E-state index in [4.69, 9.17) is 0 Å². The minimum Gasteiger partial charge on any atom is -0.873 e. The maximum atomic E-state index is 12.5. The van der Waals surface area contributed by atoms with Crippen molar-refractivity contribution in [2.45, 2.75) is 66.2 Å². The molecule has 0 aliphatic rings. The molecule has 6 heteroatoms. The van der Waals surface area contributed by atoms with Crippen LogP contribution in [0.25, 0.3) is 11.1 Å². The van der Waals surface area contributed by atoms with Crippen molar-refractivity contribution in [3.8, 4) is 34.1 Å². The molecule has 8 rings (SSSR count). The Morgan fingerprint density at radius 3 is 0.578 bits per heavy atom. The zero-order chi connectivity index (χ0) is 45.6. The fourth-order valence-corrected chi connectivity index (χ4v) is 5.19. The van der Waals surface area contributed by atoms with E-state index in [1.165, 1.54) is 0 Å². The van der Waals surface area contributed by atoms with Crippen molar-refractivity contribution in [2.24, 2.45) is 0 Å². The van der Waals surface area contributed by atoms with Gasteiger partial charge in [0.2, 0.25) is 0 Å². The van der Waals surface area contributed by atoms with Crippen LogP contribution in [0.15, 0.2) is 194 Å². The van der Waals surface area contributed by atoms with Gasteiger partial charge in [0.15, 0.2) is 0 Å². The first-order valence-corrected chi connectivity index (χ1v) is 20.2. The van der Waals surface area contributed by atoms with Gasteiger partial charge >= 0.3 is 0 Å². The number of hydrogen-bond acceptors (Lipinski definition) is 4. The summed E-state index contributed by atoms with van der Waals surface area (Å²) in [5.41, 5.74) is 1.56. The van der Waals surface area contributed by atoms with Gasteiger partial charge in [-0.25, -0.2) is 0 Å². The molecule has 0 saturated heterocycles. The predicted molar refractivity (Wildman–Crippen MR) is 260 cm³/mol. The van der Waals surface area contributed by atoms with Gasteiger partial charge in [0, 0.05) is 48.9 Å². The molecule has 326 valence electrons. The minimum absolute atomic E-state index is 0. The van der Waals surface area contributed by atoms with E-state index in [2.05, 4.69) is 36.4 Å². The van der Waals surface area contributed by atoms with Crippen LogP contribution in [0.2, 0.25) is 0 Å². The summed E-state index contributed by atoms with van der Waals surface area (Å²) in [5, 5.41) is 49.9. The Labute approximate surface area is 419 Å². The van der Waals surface area contributed by atoms with Gasteiger partial charge in [-0.2, -0.15) is 0 Å². The van der Waals surface area contributed by atoms with E-state index in [1.807, 2.05) is 224 Å². The Morgan fingerprint density at radius 1 is 0.297 bits per heavy atom. The van der Waals surface area contributed by atoms with Gasteiger partial charge in [0.25, 0.3) is 0 Å². The van der Waals surface area contributed by atoms with E-state index in [9.17, 15) is 20.4 Å². The molecule has 8 aromatic rings. The van der Waals surface area contributed by atoms with E-state index in [-0.39, 0.29) is 48.9 Å². The van der Waals surface area contributed by atoms with Gasteiger partial charge in [0.1, 0.15) is 0 Å². The maximum Gasteiger partial charge on any atom is 0 e. The monoisotopic (exact) mass is 1060 g/mol. The first-order chi connectivity index (χ1) is 29.7. The topological polar surface area (TPSA) is 92.2 Å². The molecule has 0 aliphatic heterocycles. The summed E-state index contributed by atoms with van der Waals surface area (Å²) >= 11 is 0. The molecule has 0 spiro atoms. The quantitative estimate of drug-likeness (QED) is 0.153. The molecule has 0 atom stereocenters. The third-order valence-corrected chi connectivity index (χ3v) is 8.52. The van der Waals surface area contributed by atoms with Crippen molar-refractivity contribution in [1.82, 2.24) is 0 Å². The summed E-state index contributed by atoms with van der Waals surface area (Å²) < 4.78 is 0. The van der Waals surface area contributed by atoms with Crippen molar-refractivity contribution < 1.29 is 20.4 Å². The molecule has 0 bridgehead atoms. The van der Waals surface area contributed by atoms with Crippen LogP contribution in [0.1, 0.15) is 63.8 Å². The zero-order valence-corrected chi connectivity index (χ0v) is 43.1. The van der Waals surface area contributed by atoms with Crippen LogP contribution >= 0.6 is 0 Å². The first kappa shape index (κ1) is 58.6. The fourth-order valence-electron chi connectivity index (χ4n) is 5.19. The fraction of sp³-hybridized carbons (Fsp3) is 0.172. The Balaban J connectivity index is 0.000000839. The summed E-state index contributed by atoms with van der Waals surface area (Å²) in [6.07, 6.45) is 0. The van der Waals surface area contributed by atoms with Gasteiger partial charge in [-0.05, 0) is 72.2 Å². The normalized spacial score (nSPS) is 9.56. The molecule has 0 unspecified atom stereocenters. The maximum absolute atomic E-state index is 12.5. The van der Waals surface area contributed by atoms with Crippen LogP contribution in [-0.4, -0.2) is 48.9 Å². The van der Waals surface area contributed by atoms with Crippen molar-refractivity contribution in [3.05, 3.63) is 253 Å². The average molecular weight is 1060 g/mol. The number of rotatable bonds is 1. The van der Waals surface area contributed by atoms with E-state index in [1.54, 1.807) is 26.0 Å². The number of hydrogen-bond donors (Lipinski definition) is 0. The second-order valence-electron chi connectivity index (χ2n) is 15.5. The summed E-state index contributed by atoms with van der Waals surface area (Å²) in [7, 11) is 0. The van der Waals surface area contributed by atoms with Crippen LogP contribution in [0.5, 0.6) is 23.0 Å². The van der Waals surface area contributed by atoms with Gasteiger partial charge in [0.05, 0.1) is 0 Å². The van der Waals surface area contributed by atoms with Crippen molar-refractivity contribution in [1.29, 1.82) is 0 Å². The molecule has 0 heterocycles. The Hall–Kier alpha value is -5.40. The molecule has 4 nitrogen and oxygen atoms in total. The third kappa shape index (κ3) is 23.3. The molecular formula is C58H56O4Sb2-4. The SMILES string of the molecule is Cc1c(-c2cc(C(C)(C)C)c([O-])c([O-])c2C)cc(C(C)(C)C)c([O-])c1[O-].[Sb].[Sb].[c]1ccccc1.[c]1ccccc1.[c]1ccccc1.[c]1ccccc1.[c]1ccccc1.[c]1ccccc1. The largest absolute Gasteiger partial charge is 0.873 e. The molecule has 64 heavy (non-hydrogen) atoms. The Kier molecular flexibility index (Phi) is 30.4. The molecule has 0 fully saturated rings. The molecule has 12 radical (unpaired) electrons. The molecular weight excluding hydrogens is 1000 g/mol. The van der Waals surface area contributed by atoms with Crippen molar-refractivity contribution in [3.63, 3.8) is 0 Å². The van der Waals surface area contributed by atoms with E-state index < -0.39 is 33.8 Å². The zero-order valence-electron chi connectivity index (χ0n) is 38.0. The molecule has 0 saturated carbocycles. The smallest absolute Gasteiger partial charge is 0 e. The van der Waals surface area contributed by atoms with Crippen molar-refractivity contribution in [2.75, 3.05) is 0 Å². The summed E-state index contributed by atoms with van der Waals surface area (Å²) in [5.74, 6) is -2.11. The average Bonchev–Trinajstić information content (AvgIpc) is 3.32. The molecule has 0 N–H and O–H groups in total. The van der Waals surface area contributed by atoms with Gasteiger partial charge in [-0.15, -0.1) is 23.0 Å². The Bertz CT molecular complexity index is 1820. The van der Waals surface area contributed by atoms with Crippen LogP contribution in [0.3, 0.4) is 0 Å². The van der Waals surface area contributed by atoms with Gasteiger partial charge < -0.3 is 20.4 Å². The predicted octanol–water partition coefficient (Wildman–Crippen LogP) is 11.0. The van der Waals surface area contributed by atoms with Gasteiger partial charge in [-0.3, -0.25) is 0 Å². The van der Waals surface area contributed by atoms with E-state index in [0.717, 1.165) is 0 Å². The molecule has 0 aromatic heterocycles. The Morgan fingerprint density at radius 2 is 0.469 bits per heavy atom. The summed E-state index contributed by atoms with van der Waals surface area (Å²) in [6.45, 7) is 14.4. The molecule has 0 aliphatic carbocycles. The van der Waals surface area contributed by atoms with Crippen LogP contribution in [-0.2, 0) is 10.8 Å². The van der Waals surface area contributed by atoms with E-state index in [0.29, 0.717) is 33.4 Å². The van der Waals surface area contributed by atoms with Crippen LogP contribution < -0.4 is 20.4 Å². The molecule has 8 aromatic carbocycles. The van der Waals surface area contributed by atoms with Crippen molar-refractivity contribution >= 4 is 48.9 Å². The van der Waals surface area contributed by atoms with Gasteiger partial charge in [-0.1, -0.05) is 258 Å². The summed E-state index contributed by atoms with van der Waals surface area (Å²) in [4.78, 5) is 0. The standard InChI is InChI=1S/C22H30O4.6C6H5.2Sb/c1-11-13(9-15(21(3,4)5)19(25)17(11)23)14-10-16(22(6,7)8)20(26)18(24)12(14)2;6*1-2-4-6-5-3-1;;/h9-10,23-26H,1-8H3;6*1-5H;;/p-4. The second kappa shape index (κ2) is 33.2. The summed E-state index contributed by atoms with van der Waals surface area (Å²) in [6, 6.07) is 78.4. The van der Waals surface area contributed by atoms with Crippen LogP contribution in [0.4, 0.5) is 0 Å². The number of benzene rings is 8. The second-order valence-corrected chi connectivity index (χ2v) is 15.5. The first-order valence-electron chi connectivity index (χ1n) is 20.2. The minimum atomic E-state index is -0.553. The third-order valence-electron chi connectivity index (χ3n) is 8.52. The van der Waals surface area contributed by atoms with E-state index >= 15 is 0 Å². The molecule has 0 amide bonds. The van der Waals surface area contributed by atoms with Crippen LogP contribution in [0, 0.1) is 50.2 Å².